The maximum atomic E-state index is 12.9. The molecule has 0 spiro atoms. The van der Waals surface area contributed by atoms with Crippen LogP contribution in [0, 0.1) is 0 Å². The zero-order chi connectivity index (χ0) is 24.9. The highest BCUT2D eigenvalue weighted by Crippen LogP contribution is 2.20. The van der Waals surface area contributed by atoms with Crippen LogP contribution in [0.1, 0.15) is 29.3 Å². The Morgan fingerprint density at radius 2 is 1.71 bits per heavy atom. The molecule has 0 radical (unpaired) electrons. The number of amides is 2. The van der Waals surface area contributed by atoms with Crippen molar-refractivity contribution in [3.05, 3.63) is 71.8 Å². The van der Waals surface area contributed by atoms with E-state index in [2.05, 4.69) is 10.0 Å². The number of ether oxygens (including phenoxy) is 1. The van der Waals surface area contributed by atoms with Crippen molar-refractivity contribution >= 4 is 38.6 Å². The Morgan fingerprint density at radius 3 is 2.35 bits per heavy atom. The zero-order valence-corrected chi connectivity index (χ0v) is 19.4. The van der Waals surface area contributed by atoms with Crippen LogP contribution in [-0.2, 0) is 26.0 Å². The van der Waals surface area contributed by atoms with Gasteiger partial charge in [-0.25, -0.2) is 8.42 Å². The number of hydrogen-bond donors (Lipinski definition) is 3. The van der Waals surface area contributed by atoms with Gasteiger partial charge in [-0.2, -0.15) is 4.72 Å². The topological polar surface area (TPSA) is 139 Å². The summed E-state index contributed by atoms with van der Waals surface area (Å²) in [6.07, 6.45) is -0.362. The van der Waals surface area contributed by atoms with Crippen molar-refractivity contribution in [1.82, 2.24) is 10.0 Å². The number of carbonyl (C=O) groups is 3. The van der Waals surface area contributed by atoms with Crippen LogP contribution in [0.4, 0.5) is 0 Å². The number of methoxy groups -OCH3 is 1. The van der Waals surface area contributed by atoms with Gasteiger partial charge >= 0.3 is 5.97 Å². The molecule has 3 N–H and O–H groups in total. The molecule has 0 aliphatic heterocycles. The SMILES string of the molecule is CCc1ccc(OC)cc1C(=O)NC(=O)[C@H](CC(=O)O)NS(=O)(=O)c1ccc2ccccc2c1. The first-order valence-corrected chi connectivity index (χ1v) is 11.9. The number of benzene rings is 3. The Bertz CT molecular complexity index is 1350. The second kappa shape index (κ2) is 10.4. The number of rotatable bonds is 9. The predicted molar refractivity (Wildman–Crippen MR) is 125 cm³/mol. The van der Waals surface area contributed by atoms with Gasteiger partial charge in [-0.05, 0) is 47.0 Å². The van der Waals surface area contributed by atoms with E-state index in [0.717, 1.165) is 5.39 Å². The lowest BCUT2D eigenvalue weighted by Gasteiger charge is -2.17. The fourth-order valence-electron chi connectivity index (χ4n) is 3.42. The molecular formula is C24H24N2O7S. The van der Waals surface area contributed by atoms with E-state index < -0.39 is 40.3 Å². The molecule has 0 heterocycles. The van der Waals surface area contributed by atoms with Crippen molar-refractivity contribution in [2.45, 2.75) is 30.7 Å². The third-order valence-corrected chi connectivity index (χ3v) is 6.67. The number of carboxylic acids is 1. The van der Waals surface area contributed by atoms with Crippen molar-refractivity contribution in [2.24, 2.45) is 0 Å². The molecule has 0 saturated carbocycles. The lowest BCUT2D eigenvalue weighted by molar-refractivity contribution is -0.139. The van der Waals surface area contributed by atoms with Gasteiger partial charge in [-0.1, -0.05) is 43.3 Å². The highest BCUT2D eigenvalue weighted by Gasteiger charge is 2.30. The first-order valence-electron chi connectivity index (χ1n) is 10.4. The highest BCUT2D eigenvalue weighted by molar-refractivity contribution is 7.89. The quantitative estimate of drug-likeness (QED) is 0.424. The molecule has 3 aromatic carbocycles. The molecule has 178 valence electrons. The Labute approximate surface area is 196 Å². The zero-order valence-electron chi connectivity index (χ0n) is 18.6. The summed E-state index contributed by atoms with van der Waals surface area (Å²) in [5, 5.41) is 12.8. The first kappa shape index (κ1) is 24.9. The number of imide groups is 1. The van der Waals surface area contributed by atoms with E-state index in [-0.39, 0.29) is 10.5 Å². The number of carbonyl (C=O) groups excluding carboxylic acids is 2. The van der Waals surface area contributed by atoms with Crippen molar-refractivity contribution in [2.75, 3.05) is 7.11 Å². The van der Waals surface area contributed by atoms with Gasteiger partial charge in [0.15, 0.2) is 0 Å². The Morgan fingerprint density at radius 1 is 1.00 bits per heavy atom. The third-order valence-electron chi connectivity index (χ3n) is 5.20. The summed E-state index contributed by atoms with van der Waals surface area (Å²) in [6.45, 7) is 1.82. The number of aryl methyl sites for hydroxylation is 1. The minimum atomic E-state index is -4.27. The van der Waals surface area contributed by atoms with Gasteiger partial charge in [0.2, 0.25) is 15.9 Å². The van der Waals surface area contributed by atoms with Crippen molar-refractivity contribution < 1.29 is 32.6 Å². The summed E-state index contributed by atoms with van der Waals surface area (Å²) in [5.74, 6) is -2.89. The van der Waals surface area contributed by atoms with Gasteiger partial charge in [0, 0.05) is 5.56 Å². The summed E-state index contributed by atoms with van der Waals surface area (Å²) in [6, 6.07) is 14.6. The van der Waals surface area contributed by atoms with Crippen molar-refractivity contribution in [3.8, 4) is 5.75 Å². The normalized spacial score (nSPS) is 12.2. The Kier molecular flexibility index (Phi) is 7.64. The van der Waals surface area contributed by atoms with E-state index in [0.29, 0.717) is 23.1 Å². The van der Waals surface area contributed by atoms with E-state index in [9.17, 15) is 27.9 Å². The van der Waals surface area contributed by atoms with E-state index in [1.165, 1.54) is 25.3 Å². The second-order valence-corrected chi connectivity index (χ2v) is 9.19. The average molecular weight is 485 g/mol. The molecule has 9 nitrogen and oxygen atoms in total. The largest absolute Gasteiger partial charge is 0.497 e. The summed E-state index contributed by atoms with van der Waals surface area (Å²) in [5.41, 5.74) is 0.805. The van der Waals surface area contributed by atoms with Crippen molar-refractivity contribution in [1.29, 1.82) is 0 Å². The lowest BCUT2D eigenvalue weighted by Crippen LogP contribution is -2.49. The maximum Gasteiger partial charge on any atom is 0.305 e. The molecule has 0 aliphatic rings. The summed E-state index contributed by atoms with van der Waals surface area (Å²) < 4.78 is 33.1. The van der Waals surface area contributed by atoms with E-state index >= 15 is 0 Å². The molecule has 0 fully saturated rings. The molecule has 0 saturated heterocycles. The summed E-state index contributed by atoms with van der Waals surface area (Å²) in [4.78, 5) is 36.7. The van der Waals surface area contributed by atoms with Gasteiger partial charge < -0.3 is 9.84 Å². The predicted octanol–water partition coefficient (Wildman–Crippen LogP) is 2.49. The number of hydrogen-bond acceptors (Lipinski definition) is 6. The standard InChI is InChI=1S/C24H24N2O7S/c1-3-15-8-10-18(33-2)13-20(15)23(29)25-24(30)21(14-22(27)28)26-34(31,32)19-11-9-16-6-4-5-7-17(16)12-19/h4-13,21,26H,3,14H2,1-2H3,(H,27,28)(H,25,29,30)/t21-/m0/s1. The Hall–Kier alpha value is -3.76. The molecule has 2 amide bonds. The van der Waals surface area contributed by atoms with Gasteiger partial charge in [-0.3, -0.25) is 19.7 Å². The highest BCUT2D eigenvalue weighted by atomic mass is 32.2. The molecule has 3 aromatic rings. The number of nitrogens with one attached hydrogen (secondary N) is 2. The minimum Gasteiger partial charge on any atom is -0.497 e. The molecule has 0 aromatic heterocycles. The van der Waals surface area contributed by atoms with Crippen LogP contribution in [0.2, 0.25) is 0 Å². The molecule has 0 bridgehead atoms. The Balaban J connectivity index is 1.85. The summed E-state index contributed by atoms with van der Waals surface area (Å²) in [7, 11) is -2.84. The number of aliphatic carboxylic acids is 1. The van der Waals surface area contributed by atoms with E-state index in [1.807, 2.05) is 19.1 Å². The van der Waals surface area contributed by atoms with E-state index in [1.54, 1.807) is 30.3 Å². The monoisotopic (exact) mass is 484 g/mol. The van der Waals surface area contributed by atoms with Crippen LogP contribution >= 0.6 is 0 Å². The van der Waals surface area contributed by atoms with Gasteiger partial charge in [0.1, 0.15) is 11.8 Å². The fourth-order valence-corrected chi connectivity index (χ4v) is 4.65. The first-order chi connectivity index (χ1) is 16.1. The molecular weight excluding hydrogens is 460 g/mol. The number of carboxylic acid groups (broad SMARTS) is 1. The summed E-state index contributed by atoms with van der Waals surface area (Å²) >= 11 is 0. The molecule has 0 aliphatic carbocycles. The van der Waals surface area contributed by atoms with Crippen LogP contribution in [0.3, 0.4) is 0 Å². The van der Waals surface area contributed by atoms with Crippen molar-refractivity contribution in [3.63, 3.8) is 0 Å². The maximum absolute atomic E-state index is 12.9. The molecule has 34 heavy (non-hydrogen) atoms. The van der Waals surface area contributed by atoms with Crippen LogP contribution in [0.25, 0.3) is 10.8 Å². The number of fused-ring (bicyclic) bond motifs is 1. The van der Waals surface area contributed by atoms with E-state index in [4.69, 9.17) is 4.74 Å². The molecule has 10 heteroatoms. The van der Waals surface area contributed by atoms with Gasteiger partial charge in [0.25, 0.3) is 5.91 Å². The van der Waals surface area contributed by atoms with Crippen LogP contribution in [-0.4, -0.2) is 44.5 Å². The molecule has 3 rings (SSSR count). The number of sulfonamides is 1. The minimum absolute atomic E-state index is 0.137. The fraction of sp³-hybridized carbons (Fsp3) is 0.208. The third kappa shape index (κ3) is 5.77. The van der Waals surface area contributed by atoms with Crippen LogP contribution in [0.5, 0.6) is 5.75 Å². The van der Waals surface area contributed by atoms with Gasteiger partial charge in [0.05, 0.1) is 18.4 Å². The average Bonchev–Trinajstić information content (AvgIpc) is 2.82. The van der Waals surface area contributed by atoms with Gasteiger partial charge in [-0.15, -0.1) is 0 Å². The smallest absolute Gasteiger partial charge is 0.305 e. The van der Waals surface area contributed by atoms with Crippen LogP contribution < -0.4 is 14.8 Å². The molecule has 1 atom stereocenters. The van der Waals surface area contributed by atoms with Crippen LogP contribution in [0.15, 0.2) is 65.6 Å². The second-order valence-electron chi connectivity index (χ2n) is 7.48. The lowest BCUT2D eigenvalue weighted by atomic mass is 10.0. The molecule has 0 unspecified atom stereocenters.